The van der Waals surface area contributed by atoms with Crippen LogP contribution in [0, 0.1) is 0 Å². The van der Waals surface area contributed by atoms with Crippen LogP contribution in [0.1, 0.15) is 22.8 Å². The summed E-state index contributed by atoms with van der Waals surface area (Å²) in [6.45, 7) is 2.55. The number of hydrogen-bond donors (Lipinski definition) is 1. The molecule has 0 radical (unpaired) electrons. The highest BCUT2D eigenvalue weighted by Crippen LogP contribution is 2.32. The molecule has 1 aromatic heterocycles. The number of methoxy groups -OCH3 is 2. The Morgan fingerprint density at radius 1 is 1.04 bits per heavy atom. The molecule has 0 aliphatic carbocycles. The van der Waals surface area contributed by atoms with Gasteiger partial charge in [-0.05, 0) is 19.1 Å². The van der Waals surface area contributed by atoms with Gasteiger partial charge >= 0.3 is 5.97 Å². The molecule has 0 fully saturated rings. The highest BCUT2D eigenvalue weighted by atomic mass is 16.5. The van der Waals surface area contributed by atoms with Gasteiger partial charge < -0.3 is 19.5 Å². The summed E-state index contributed by atoms with van der Waals surface area (Å²) in [6, 6.07) is 13.3. The van der Waals surface area contributed by atoms with Crippen LogP contribution in [0.4, 0.5) is 5.69 Å². The molecule has 0 unspecified atom stereocenters. The Bertz CT molecular complexity index is 956. The lowest BCUT2D eigenvalue weighted by molar-refractivity contribution is 0.0527. The number of ether oxygens (including phenoxy) is 3. The quantitative estimate of drug-likeness (QED) is 0.637. The van der Waals surface area contributed by atoms with Crippen molar-refractivity contribution in [1.29, 1.82) is 0 Å². The fourth-order valence-corrected chi connectivity index (χ4v) is 2.95. The Balaban J connectivity index is 2.07. The van der Waals surface area contributed by atoms with E-state index in [9.17, 15) is 4.79 Å². The number of fused-ring (bicyclic) bond motifs is 1. The van der Waals surface area contributed by atoms with Gasteiger partial charge in [0.2, 0.25) is 0 Å². The van der Waals surface area contributed by atoms with Crippen molar-refractivity contribution in [2.24, 2.45) is 0 Å². The fourth-order valence-electron chi connectivity index (χ4n) is 2.95. The SMILES string of the molecule is CCOC(=O)c1cnc2c(OC)cccc2c1NCc1ccccc1OC. The predicted molar refractivity (Wildman–Crippen MR) is 105 cm³/mol. The molecule has 2 aromatic carbocycles. The van der Waals surface area contributed by atoms with Crippen molar-refractivity contribution in [3.63, 3.8) is 0 Å². The number of benzene rings is 2. The first-order valence-corrected chi connectivity index (χ1v) is 8.68. The van der Waals surface area contributed by atoms with E-state index in [2.05, 4.69) is 10.3 Å². The zero-order valence-electron chi connectivity index (χ0n) is 15.6. The van der Waals surface area contributed by atoms with Crippen molar-refractivity contribution in [2.45, 2.75) is 13.5 Å². The molecule has 6 heteroatoms. The van der Waals surface area contributed by atoms with Crippen LogP contribution in [0.5, 0.6) is 11.5 Å². The molecule has 0 aliphatic heterocycles. The summed E-state index contributed by atoms with van der Waals surface area (Å²) < 4.78 is 16.0. The maximum atomic E-state index is 12.4. The lowest BCUT2D eigenvalue weighted by atomic mass is 10.1. The third-order valence-electron chi connectivity index (χ3n) is 4.22. The van der Waals surface area contributed by atoms with Crippen LogP contribution >= 0.6 is 0 Å². The van der Waals surface area contributed by atoms with Crippen LogP contribution in [-0.4, -0.2) is 31.8 Å². The number of aromatic nitrogens is 1. The highest BCUT2D eigenvalue weighted by Gasteiger charge is 2.18. The summed E-state index contributed by atoms with van der Waals surface area (Å²) in [5, 5.41) is 4.15. The molecule has 140 valence electrons. The Morgan fingerprint density at radius 3 is 2.52 bits per heavy atom. The monoisotopic (exact) mass is 366 g/mol. The summed E-state index contributed by atoms with van der Waals surface area (Å²) in [6.07, 6.45) is 1.52. The Morgan fingerprint density at radius 2 is 1.78 bits per heavy atom. The molecule has 0 amide bonds. The maximum absolute atomic E-state index is 12.4. The molecule has 0 spiro atoms. The van der Waals surface area contributed by atoms with Gasteiger partial charge in [0.25, 0.3) is 0 Å². The van der Waals surface area contributed by atoms with Crippen molar-refractivity contribution in [3.05, 3.63) is 59.8 Å². The molecular weight excluding hydrogens is 344 g/mol. The second-order valence-electron chi connectivity index (χ2n) is 5.79. The van der Waals surface area contributed by atoms with Crippen LogP contribution in [0.3, 0.4) is 0 Å². The van der Waals surface area contributed by atoms with Crippen molar-refractivity contribution in [1.82, 2.24) is 4.98 Å². The van der Waals surface area contributed by atoms with Crippen molar-refractivity contribution >= 4 is 22.6 Å². The van der Waals surface area contributed by atoms with Gasteiger partial charge in [-0.3, -0.25) is 4.98 Å². The van der Waals surface area contributed by atoms with Crippen LogP contribution in [0.15, 0.2) is 48.7 Å². The van der Waals surface area contributed by atoms with E-state index in [0.717, 1.165) is 16.7 Å². The summed E-state index contributed by atoms with van der Waals surface area (Å²) >= 11 is 0. The fraction of sp³-hybridized carbons (Fsp3) is 0.238. The molecule has 0 bridgehead atoms. The van der Waals surface area contributed by atoms with Gasteiger partial charge in [-0.1, -0.05) is 30.3 Å². The summed E-state index contributed by atoms with van der Waals surface area (Å²) in [5.74, 6) is 0.999. The number of carbonyl (C=O) groups excluding carboxylic acids is 1. The number of hydrogen-bond acceptors (Lipinski definition) is 6. The Labute approximate surface area is 158 Å². The van der Waals surface area contributed by atoms with Crippen LogP contribution in [0.25, 0.3) is 10.9 Å². The van der Waals surface area contributed by atoms with E-state index in [-0.39, 0.29) is 0 Å². The number of pyridine rings is 1. The van der Waals surface area contributed by atoms with E-state index in [1.165, 1.54) is 6.20 Å². The Kier molecular flexibility index (Phi) is 5.76. The van der Waals surface area contributed by atoms with Crippen LogP contribution in [-0.2, 0) is 11.3 Å². The van der Waals surface area contributed by atoms with Gasteiger partial charge in [-0.2, -0.15) is 0 Å². The normalized spacial score (nSPS) is 10.5. The molecule has 1 N–H and O–H groups in total. The molecule has 3 rings (SSSR count). The molecule has 3 aromatic rings. The van der Waals surface area contributed by atoms with Crippen molar-refractivity contribution < 1.29 is 19.0 Å². The first-order chi connectivity index (χ1) is 13.2. The van der Waals surface area contributed by atoms with Gasteiger partial charge in [0.1, 0.15) is 22.6 Å². The topological polar surface area (TPSA) is 69.7 Å². The van der Waals surface area contributed by atoms with E-state index in [1.807, 2.05) is 42.5 Å². The van der Waals surface area contributed by atoms with Crippen LogP contribution in [0.2, 0.25) is 0 Å². The average Bonchev–Trinajstić information content (AvgIpc) is 2.71. The van der Waals surface area contributed by atoms with Crippen molar-refractivity contribution in [3.8, 4) is 11.5 Å². The minimum Gasteiger partial charge on any atom is -0.496 e. The number of nitrogens with one attached hydrogen (secondary N) is 1. The highest BCUT2D eigenvalue weighted by molar-refractivity contribution is 6.06. The largest absolute Gasteiger partial charge is 0.496 e. The smallest absolute Gasteiger partial charge is 0.341 e. The molecule has 0 saturated heterocycles. The molecule has 0 aliphatic rings. The first kappa shape index (κ1) is 18.5. The minimum atomic E-state index is -0.419. The van der Waals surface area contributed by atoms with Gasteiger partial charge in [-0.25, -0.2) is 4.79 Å². The summed E-state index contributed by atoms with van der Waals surface area (Å²) in [4.78, 5) is 16.9. The molecule has 27 heavy (non-hydrogen) atoms. The van der Waals surface area contributed by atoms with Crippen LogP contribution < -0.4 is 14.8 Å². The van der Waals surface area contributed by atoms with Gasteiger partial charge in [0.05, 0.1) is 26.5 Å². The lowest BCUT2D eigenvalue weighted by Crippen LogP contribution is -2.11. The number of carbonyl (C=O) groups is 1. The maximum Gasteiger partial charge on any atom is 0.341 e. The second kappa shape index (κ2) is 8.40. The standard InChI is InChI=1S/C21H22N2O4/c1-4-27-21(24)16-13-23-20-15(9-7-11-18(20)26-3)19(16)22-12-14-8-5-6-10-17(14)25-2/h5-11,13H,4,12H2,1-3H3,(H,22,23). The molecule has 0 atom stereocenters. The number of nitrogens with zero attached hydrogens (tertiary/aromatic N) is 1. The average molecular weight is 366 g/mol. The first-order valence-electron chi connectivity index (χ1n) is 8.68. The van der Waals surface area contributed by atoms with Gasteiger partial charge in [0, 0.05) is 23.7 Å². The lowest BCUT2D eigenvalue weighted by Gasteiger charge is -2.16. The molecular formula is C21H22N2O4. The van der Waals surface area contributed by atoms with E-state index in [1.54, 1.807) is 21.1 Å². The number of para-hydroxylation sites is 2. The van der Waals surface area contributed by atoms with E-state index in [0.29, 0.717) is 35.7 Å². The van der Waals surface area contributed by atoms with Gasteiger partial charge in [-0.15, -0.1) is 0 Å². The summed E-state index contributed by atoms with van der Waals surface area (Å²) in [5.41, 5.74) is 2.69. The number of rotatable bonds is 7. The van der Waals surface area contributed by atoms with E-state index >= 15 is 0 Å². The molecule has 1 heterocycles. The van der Waals surface area contributed by atoms with Gasteiger partial charge in [0.15, 0.2) is 0 Å². The zero-order chi connectivity index (χ0) is 19.2. The minimum absolute atomic E-state index is 0.293. The number of anilines is 1. The third kappa shape index (κ3) is 3.79. The second-order valence-corrected chi connectivity index (χ2v) is 5.79. The third-order valence-corrected chi connectivity index (χ3v) is 4.22. The summed E-state index contributed by atoms with van der Waals surface area (Å²) in [7, 11) is 3.23. The predicted octanol–water partition coefficient (Wildman–Crippen LogP) is 4.04. The zero-order valence-corrected chi connectivity index (χ0v) is 15.6. The van der Waals surface area contributed by atoms with Crippen molar-refractivity contribution in [2.75, 3.05) is 26.1 Å². The van der Waals surface area contributed by atoms with E-state index < -0.39 is 5.97 Å². The Hall–Kier alpha value is -3.28. The number of esters is 1. The molecule has 0 saturated carbocycles. The van der Waals surface area contributed by atoms with E-state index in [4.69, 9.17) is 14.2 Å². The molecule has 6 nitrogen and oxygen atoms in total.